The Labute approximate surface area is 156 Å². The summed E-state index contributed by atoms with van der Waals surface area (Å²) in [5, 5.41) is 3.48. The normalized spacial score (nSPS) is 10.2. The zero-order chi connectivity index (χ0) is 18.4. The van der Waals surface area contributed by atoms with Crippen molar-refractivity contribution >= 4 is 46.4 Å². The van der Waals surface area contributed by atoms with Gasteiger partial charge in [-0.15, -0.1) is 0 Å². The lowest BCUT2D eigenvalue weighted by Gasteiger charge is -2.23. The molecule has 0 saturated heterocycles. The van der Waals surface area contributed by atoms with Crippen molar-refractivity contribution in [2.75, 3.05) is 23.4 Å². The van der Waals surface area contributed by atoms with E-state index in [-0.39, 0.29) is 18.4 Å². The maximum Gasteiger partial charge on any atom is 0.244 e. The number of nitrogens with one attached hydrogen (secondary N) is 1. The van der Waals surface area contributed by atoms with Crippen molar-refractivity contribution in [2.45, 2.75) is 13.8 Å². The van der Waals surface area contributed by atoms with Crippen LogP contribution in [0.3, 0.4) is 0 Å². The molecule has 2 aromatic carbocycles. The number of anilines is 2. The molecule has 0 saturated carbocycles. The zero-order valence-corrected chi connectivity index (χ0v) is 15.4. The smallest absolute Gasteiger partial charge is 0.244 e. The van der Waals surface area contributed by atoms with Gasteiger partial charge in [-0.2, -0.15) is 0 Å². The van der Waals surface area contributed by atoms with Gasteiger partial charge in [0.2, 0.25) is 11.8 Å². The van der Waals surface area contributed by atoms with Gasteiger partial charge in [0.1, 0.15) is 12.3 Å². The molecule has 2 amide bonds. The van der Waals surface area contributed by atoms with Gasteiger partial charge in [-0.25, -0.2) is 0 Å². The Balaban J connectivity index is 2.19. The Hall–Kier alpha value is -2.24. The number of hydrogen-bond donors (Lipinski definition) is 1. The number of para-hydroxylation sites is 2. The van der Waals surface area contributed by atoms with E-state index < -0.39 is 0 Å². The van der Waals surface area contributed by atoms with Gasteiger partial charge in [0.05, 0.1) is 23.0 Å². The SMILES string of the molecule is CCOc1ccccc1N(CC(=O)Nc1ccc(Cl)cc1Cl)C(C)=O. The third kappa shape index (κ3) is 5.11. The second-order valence-corrected chi connectivity index (χ2v) is 6.02. The molecule has 0 spiro atoms. The zero-order valence-electron chi connectivity index (χ0n) is 13.9. The number of amides is 2. The van der Waals surface area contributed by atoms with Crippen LogP contribution in [0.2, 0.25) is 10.0 Å². The molecule has 0 aliphatic carbocycles. The molecule has 5 nitrogen and oxygen atoms in total. The first-order valence-corrected chi connectivity index (χ1v) is 8.42. The van der Waals surface area contributed by atoms with Crippen LogP contribution in [0.25, 0.3) is 0 Å². The second-order valence-electron chi connectivity index (χ2n) is 5.18. The molecule has 0 heterocycles. The van der Waals surface area contributed by atoms with Gasteiger partial charge in [-0.05, 0) is 37.3 Å². The van der Waals surface area contributed by atoms with Gasteiger partial charge in [-0.3, -0.25) is 14.5 Å². The monoisotopic (exact) mass is 380 g/mol. The average Bonchev–Trinajstić information content (AvgIpc) is 2.56. The van der Waals surface area contributed by atoms with Gasteiger partial charge in [-0.1, -0.05) is 35.3 Å². The van der Waals surface area contributed by atoms with E-state index in [9.17, 15) is 9.59 Å². The van der Waals surface area contributed by atoms with Crippen molar-refractivity contribution in [3.05, 3.63) is 52.5 Å². The fraction of sp³-hybridized carbons (Fsp3) is 0.222. The quantitative estimate of drug-likeness (QED) is 0.808. The van der Waals surface area contributed by atoms with Crippen molar-refractivity contribution in [1.82, 2.24) is 0 Å². The van der Waals surface area contributed by atoms with Crippen LogP contribution in [0.15, 0.2) is 42.5 Å². The lowest BCUT2D eigenvalue weighted by molar-refractivity contribution is -0.120. The minimum Gasteiger partial charge on any atom is -0.492 e. The first-order chi connectivity index (χ1) is 11.9. The van der Waals surface area contributed by atoms with Crippen LogP contribution in [0, 0.1) is 0 Å². The number of rotatable bonds is 6. The topological polar surface area (TPSA) is 58.6 Å². The summed E-state index contributed by atoms with van der Waals surface area (Å²) in [5.41, 5.74) is 0.965. The van der Waals surface area contributed by atoms with E-state index in [4.69, 9.17) is 27.9 Å². The highest BCUT2D eigenvalue weighted by molar-refractivity contribution is 6.36. The number of benzene rings is 2. The number of hydrogen-bond acceptors (Lipinski definition) is 3. The molecule has 25 heavy (non-hydrogen) atoms. The van der Waals surface area contributed by atoms with Crippen LogP contribution >= 0.6 is 23.2 Å². The number of ether oxygens (including phenoxy) is 1. The lowest BCUT2D eigenvalue weighted by Crippen LogP contribution is -2.37. The Morgan fingerprint density at radius 2 is 1.88 bits per heavy atom. The van der Waals surface area contributed by atoms with Crippen molar-refractivity contribution in [2.24, 2.45) is 0 Å². The molecule has 2 rings (SSSR count). The van der Waals surface area contributed by atoms with Gasteiger partial charge >= 0.3 is 0 Å². The van der Waals surface area contributed by atoms with Gasteiger partial charge in [0, 0.05) is 11.9 Å². The summed E-state index contributed by atoms with van der Waals surface area (Å²) in [4.78, 5) is 25.8. The highest BCUT2D eigenvalue weighted by atomic mass is 35.5. The Morgan fingerprint density at radius 1 is 1.16 bits per heavy atom. The van der Waals surface area contributed by atoms with Crippen LogP contribution < -0.4 is 15.0 Å². The summed E-state index contributed by atoms with van der Waals surface area (Å²) < 4.78 is 5.54. The number of halogens is 2. The fourth-order valence-electron chi connectivity index (χ4n) is 2.25. The third-order valence-corrected chi connectivity index (χ3v) is 3.89. The molecule has 7 heteroatoms. The van der Waals surface area contributed by atoms with Crippen molar-refractivity contribution in [1.29, 1.82) is 0 Å². The van der Waals surface area contributed by atoms with E-state index >= 15 is 0 Å². The third-order valence-electron chi connectivity index (χ3n) is 3.34. The molecule has 0 aromatic heterocycles. The predicted octanol–water partition coefficient (Wildman–Crippen LogP) is 4.38. The van der Waals surface area contributed by atoms with Crippen LogP contribution in [0.1, 0.15) is 13.8 Å². The molecular weight excluding hydrogens is 363 g/mol. The summed E-state index contributed by atoms with van der Waals surface area (Å²) >= 11 is 11.9. The lowest BCUT2D eigenvalue weighted by atomic mass is 10.2. The molecule has 0 unspecified atom stereocenters. The Bertz CT molecular complexity index is 781. The van der Waals surface area contributed by atoms with Crippen molar-refractivity contribution in [3.63, 3.8) is 0 Å². The first kappa shape index (κ1) is 19.1. The standard InChI is InChI=1S/C18H18Cl2N2O3/c1-3-25-17-7-5-4-6-16(17)22(12(2)23)11-18(24)21-15-9-8-13(19)10-14(15)20/h4-10H,3,11H2,1-2H3,(H,21,24). The van der Waals surface area contributed by atoms with Gasteiger partial charge < -0.3 is 10.1 Å². The van der Waals surface area contributed by atoms with Gasteiger partial charge in [0.15, 0.2) is 0 Å². The van der Waals surface area contributed by atoms with E-state index in [0.29, 0.717) is 33.8 Å². The average molecular weight is 381 g/mol. The van der Waals surface area contributed by atoms with E-state index in [1.54, 1.807) is 36.4 Å². The number of nitrogens with zero attached hydrogens (tertiary/aromatic N) is 1. The van der Waals surface area contributed by atoms with E-state index in [0.717, 1.165) is 0 Å². The fourth-order valence-corrected chi connectivity index (χ4v) is 2.70. The molecular formula is C18H18Cl2N2O3. The summed E-state index contributed by atoms with van der Waals surface area (Å²) in [6, 6.07) is 11.8. The van der Waals surface area contributed by atoms with Crippen LogP contribution in [-0.4, -0.2) is 25.0 Å². The number of carbonyl (C=O) groups excluding carboxylic acids is 2. The maximum absolute atomic E-state index is 12.4. The molecule has 0 fully saturated rings. The van der Waals surface area contributed by atoms with Crippen molar-refractivity contribution < 1.29 is 14.3 Å². The van der Waals surface area contributed by atoms with E-state index in [1.165, 1.54) is 17.9 Å². The van der Waals surface area contributed by atoms with Crippen LogP contribution in [0.5, 0.6) is 5.75 Å². The molecule has 0 aliphatic rings. The number of carbonyl (C=O) groups is 2. The summed E-state index contributed by atoms with van der Waals surface area (Å²) in [6.07, 6.45) is 0. The Kier molecular flexibility index (Phi) is 6.67. The summed E-state index contributed by atoms with van der Waals surface area (Å²) in [6.45, 7) is 3.53. The molecule has 0 aliphatic heterocycles. The highest BCUT2D eigenvalue weighted by Crippen LogP contribution is 2.29. The minimum absolute atomic E-state index is 0.168. The van der Waals surface area contributed by atoms with Gasteiger partial charge in [0.25, 0.3) is 0 Å². The first-order valence-electron chi connectivity index (χ1n) is 7.67. The second kappa shape index (κ2) is 8.74. The van der Waals surface area contributed by atoms with Crippen LogP contribution in [0.4, 0.5) is 11.4 Å². The van der Waals surface area contributed by atoms with Crippen molar-refractivity contribution in [3.8, 4) is 5.75 Å². The summed E-state index contributed by atoms with van der Waals surface area (Å²) in [5.74, 6) is -0.118. The molecule has 1 N–H and O–H groups in total. The highest BCUT2D eigenvalue weighted by Gasteiger charge is 2.19. The molecule has 0 atom stereocenters. The predicted molar refractivity (Wildman–Crippen MR) is 101 cm³/mol. The molecule has 132 valence electrons. The summed E-state index contributed by atoms with van der Waals surface area (Å²) in [7, 11) is 0. The van der Waals surface area contributed by atoms with E-state index in [1.807, 2.05) is 6.92 Å². The minimum atomic E-state index is -0.384. The Morgan fingerprint density at radius 3 is 2.52 bits per heavy atom. The molecule has 2 aromatic rings. The maximum atomic E-state index is 12.4. The molecule has 0 bridgehead atoms. The van der Waals surface area contributed by atoms with Crippen LogP contribution in [-0.2, 0) is 9.59 Å². The largest absolute Gasteiger partial charge is 0.492 e. The molecule has 0 radical (unpaired) electrons. The van der Waals surface area contributed by atoms with E-state index in [2.05, 4.69) is 5.32 Å².